The van der Waals surface area contributed by atoms with Gasteiger partial charge in [-0.05, 0) is 67.8 Å². The molecule has 4 aliphatic rings. The van der Waals surface area contributed by atoms with Crippen molar-refractivity contribution in [3.05, 3.63) is 11.6 Å². The summed E-state index contributed by atoms with van der Waals surface area (Å²) in [5.41, 5.74) is -1.96. The normalized spacial score (nSPS) is 43.1. The fraction of sp³-hybridized carbons (Fsp3) is 0.810. The molecule has 0 amide bonds. The maximum absolute atomic E-state index is 12.8. The summed E-state index contributed by atoms with van der Waals surface area (Å²) >= 11 is 0. The first-order chi connectivity index (χ1) is 13.8. The smallest absolute Gasteiger partial charge is 0.790 e. The summed E-state index contributed by atoms with van der Waals surface area (Å²) < 4.78 is 15.0. The summed E-state index contributed by atoms with van der Waals surface area (Å²) in [6.07, 6.45) is 4.59. The standard InChI is InChI=1S/C21H31O8P.2Na/c1-19-7-5-13(22)9-12(19)3-4-14-15-6-8-21(25,17(24)11-29-30(26,27)28)20(15,2)10-16(23)18(14)19;;/h9,14-16,18,23,25H,3-8,10-11H2,1-2H3,(H2,26,27,28);;/q;2*+1/p-2. The molecule has 0 aromatic heterocycles. The molecule has 0 aromatic rings. The average molecular weight is 486 g/mol. The molecule has 0 aromatic carbocycles. The Hall–Kier alpha value is 1.11. The van der Waals surface area contributed by atoms with Gasteiger partial charge in [0.2, 0.25) is 0 Å². The number of hydrogen-bond acceptors (Lipinski definition) is 8. The van der Waals surface area contributed by atoms with E-state index in [0.29, 0.717) is 19.3 Å². The van der Waals surface area contributed by atoms with Gasteiger partial charge >= 0.3 is 59.1 Å². The van der Waals surface area contributed by atoms with Crippen molar-refractivity contribution in [3.63, 3.8) is 0 Å². The summed E-state index contributed by atoms with van der Waals surface area (Å²) in [6.45, 7) is 2.92. The Balaban J connectivity index is 0.00000181. The summed E-state index contributed by atoms with van der Waals surface area (Å²) in [5.74, 6) is -0.688. The third-order valence-corrected chi connectivity index (χ3v) is 9.31. The number of fused-ring (bicyclic) bond motifs is 5. The first-order valence-electron chi connectivity index (χ1n) is 10.7. The maximum atomic E-state index is 12.8. The molecule has 11 heteroatoms. The molecular weight excluding hydrogens is 457 g/mol. The summed E-state index contributed by atoms with van der Waals surface area (Å²) in [6, 6.07) is 0. The number of aliphatic hydroxyl groups excluding tert-OH is 1. The molecule has 0 spiro atoms. The van der Waals surface area contributed by atoms with Gasteiger partial charge in [0, 0.05) is 11.8 Å². The molecular formula is C21H29Na2O8P. The van der Waals surface area contributed by atoms with Crippen LogP contribution in [0.5, 0.6) is 0 Å². The van der Waals surface area contributed by atoms with Crippen molar-refractivity contribution in [2.45, 2.75) is 70.5 Å². The molecule has 7 unspecified atom stereocenters. The molecule has 4 aliphatic carbocycles. The Morgan fingerprint density at radius 1 is 1.22 bits per heavy atom. The summed E-state index contributed by atoms with van der Waals surface area (Å²) in [4.78, 5) is 46.3. The van der Waals surface area contributed by atoms with Crippen LogP contribution in [0.25, 0.3) is 0 Å². The first-order valence-corrected chi connectivity index (χ1v) is 12.1. The topological polar surface area (TPSA) is 147 Å². The van der Waals surface area contributed by atoms with Gasteiger partial charge in [-0.1, -0.05) is 19.4 Å². The van der Waals surface area contributed by atoms with Crippen LogP contribution in [0.15, 0.2) is 11.6 Å². The molecule has 0 saturated heterocycles. The molecule has 0 aliphatic heterocycles. The summed E-state index contributed by atoms with van der Waals surface area (Å²) in [7, 11) is -5.33. The number of carbonyl (C=O) groups is 2. The number of Topliss-reactive ketones (excluding diaryl/α,β-unsaturated/α-hetero) is 1. The number of ketones is 2. The third kappa shape index (κ3) is 4.62. The van der Waals surface area contributed by atoms with Gasteiger partial charge in [-0.3, -0.25) is 9.59 Å². The maximum Gasteiger partial charge on any atom is 1.00 e. The first kappa shape index (κ1) is 29.3. The molecule has 0 bridgehead atoms. The molecule has 2 N–H and O–H groups in total. The number of rotatable bonds is 4. The Kier molecular flexibility index (Phi) is 9.05. The van der Waals surface area contributed by atoms with E-state index < -0.39 is 37.3 Å². The van der Waals surface area contributed by atoms with Crippen LogP contribution in [0.3, 0.4) is 0 Å². The number of carbonyl (C=O) groups excluding carboxylic acids is 2. The third-order valence-electron chi connectivity index (χ3n) is 8.86. The minimum absolute atomic E-state index is 0. The molecule has 168 valence electrons. The quantitative estimate of drug-likeness (QED) is 0.296. The Morgan fingerprint density at radius 2 is 1.88 bits per heavy atom. The van der Waals surface area contributed by atoms with Gasteiger partial charge in [0.1, 0.15) is 12.2 Å². The van der Waals surface area contributed by atoms with Crippen molar-refractivity contribution < 1.29 is 97.8 Å². The van der Waals surface area contributed by atoms with Gasteiger partial charge in [0.05, 0.1) is 13.9 Å². The fourth-order valence-corrected chi connectivity index (χ4v) is 7.68. The molecule has 0 heterocycles. The zero-order valence-electron chi connectivity index (χ0n) is 19.3. The van der Waals surface area contributed by atoms with Crippen molar-refractivity contribution in [1.82, 2.24) is 0 Å². The van der Waals surface area contributed by atoms with Crippen LogP contribution in [0.4, 0.5) is 0 Å². The average Bonchev–Trinajstić information content (AvgIpc) is 2.91. The van der Waals surface area contributed by atoms with E-state index in [1.165, 1.54) is 0 Å². The van der Waals surface area contributed by atoms with Crippen molar-refractivity contribution in [2.75, 3.05) is 6.61 Å². The van der Waals surface area contributed by atoms with Crippen LogP contribution in [0.1, 0.15) is 58.8 Å². The van der Waals surface area contributed by atoms with Crippen LogP contribution in [-0.2, 0) is 18.7 Å². The van der Waals surface area contributed by atoms with E-state index in [2.05, 4.69) is 11.4 Å². The molecule has 32 heavy (non-hydrogen) atoms. The Bertz CT molecular complexity index is 859. The van der Waals surface area contributed by atoms with E-state index in [1.807, 2.05) is 0 Å². The molecule has 4 rings (SSSR count). The van der Waals surface area contributed by atoms with Crippen LogP contribution in [0, 0.1) is 28.6 Å². The van der Waals surface area contributed by atoms with Gasteiger partial charge < -0.3 is 29.1 Å². The van der Waals surface area contributed by atoms with Crippen molar-refractivity contribution >= 4 is 19.4 Å². The Morgan fingerprint density at radius 3 is 2.50 bits per heavy atom. The van der Waals surface area contributed by atoms with Gasteiger partial charge in [-0.2, -0.15) is 0 Å². The molecule has 3 saturated carbocycles. The van der Waals surface area contributed by atoms with Crippen molar-refractivity contribution in [3.8, 4) is 0 Å². The second-order valence-corrected chi connectivity index (χ2v) is 11.3. The van der Waals surface area contributed by atoms with Crippen molar-refractivity contribution in [2.24, 2.45) is 28.6 Å². The van der Waals surface area contributed by atoms with E-state index in [-0.39, 0.29) is 101 Å². The largest absolute Gasteiger partial charge is 1.00 e. The van der Waals surface area contributed by atoms with Crippen LogP contribution < -0.4 is 68.9 Å². The SMILES string of the molecule is CC12CCC(=O)C=C1CCC1C2C(O)CC2(C)C1CCC2(O)C(=O)COP(=O)([O-])[O-].[Na+].[Na+]. The zero-order chi connectivity index (χ0) is 22.1. The monoisotopic (exact) mass is 486 g/mol. The second kappa shape index (κ2) is 9.87. The van der Waals surface area contributed by atoms with Gasteiger partial charge in [0.15, 0.2) is 11.6 Å². The predicted molar refractivity (Wildman–Crippen MR) is 102 cm³/mol. The Labute approximate surface area is 232 Å². The van der Waals surface area contributed by atoms with E-state index in [1.54, 1.807) is 13.0 Å². The minimum Gasteiger partial charge on any atom is -0.790 e. The number of phosphoric ester groups is 1. The van der Waals surface area contributed by atoms with Gasteiger partial charge in [-0.15, -0.1) is 0 Å². The fourth-order valence-electron chi connectivity index (χ4n) is 7.41. The van der Waals surface area contributed by atoms with Gasteiger partial charge in [-0.25, -0.2) is 0 Å². The van der Waals surface area contributed by atoms with E-state index in [9.17, 15) is 34.2 Å². The van der Waals surface area contributed by atoms with Gasteiger partial charge in [0.25, 0.3) is 0 Å². The van der Waals surface area contributed by atoms with Crippen molar-refractivity contribution in [1.29, 1.82) is 0 Å². The van der Waals surface area contributed by atoms with Crippen LogP contribution >= 0.6 is 7.82 Å². The summed E-state index contributed by atoms with van der Waals surface area (Å²) in [5, 5.41) is 22.6. The molecule has 0 radical (unpaired) electrons. The van der Waals surface area contributed by atoms with E-state index >= 15 is 0 Å². The minimum atomic E-state index is -5.33. The zero-order valence-corrected chi connectivity index (χ0v) is 24.2. The van der Waals surface area contributed by atoms with E-state index in [4.69, 9.17) is 0 Å². The molecule has 3 fully saturated rings. The predicted octanol–water partition coefficient (Wildman–Crippen LogP) is -5.36. The number of aliphatic hydroxyl groups is 2. The number of hydrogen-bond donors (Lipinski definition) is 2. The van der Waals surface area contributed by atoms with Crippen LogP contribution in [0.2, 0.25) is 0 Å². The second-order valence-electron chi connectivity index (χ2n) is 10.1. The van der Waals surface area contributed by atoms with E-state index in [0.717, 1.165) is 18.4 Å². The molecule has 7 atom stereocenters. The van der Waals surface area contributed by atoms with Crippen LogP contribution in [-0.4, -0.2) is 40.1 Å². The number of allylic oxidation sites excluding steroid dienone is 1. The number of phosphoric acid groups is 1. The molecule has 8 nitrogen and oxygen atoms in total.